The molecule has 1 aromatic heterocycles. The topological polar surface area (TPSA) is 57.7 Å². The van der Waals surface area contributed by atoms with Gasteiger partial charge in [0.05, 0.1) is 28.0 Å². The number of likely N-dealkylation sites (N-methyl/N-ethyl adjacent to an activating group) is 2. The number of sulfonamides is 1. The standard InChI is InChI=1S/C15H16Cl2N2O3S2/c1-18(9-11-4-3-7-23-11)15(20)10-19(2)24(21,22)12-5-6-13(16)14(17)8-12/h3-8H,9-10H2,1-2H3. The second-order valence-corrected chi connectivity index (χ2v) is 9.06. The van der Waals surface area contributed by atoms with Gasteiger partial charge in [0.15, 0.2) is 0 Å². The van der Waals surface area contributed by atoms with Gasteiger partial charge in [-0.25, -0.2) is 8.42 Å². The van der Waals surface area contributed by atoms with Crippen LogP contribution in [0.3, 0.4) is 0 Å². The van der Waals surface area contributed by atoms with Crippen LogP contribution in [0.4, 0.5) is 0 Å². The smallest absolute Gasteiger partial charge is 0.243 e. The molecule has 130 valence electrons. The van der Waals surface area contributed by atoms with Crippen LogP contribution in [0.5, 0.6) is 0 Å². The number of halogens is 2. The largest absolute Gasteiger partial charge is 0.339 e. The first kappa shape index (κ1) is 19.2. The third-order valence-electron chi connectivity index (χ3n) is 3.36. The molecule has 0 aliphatic rings. The molecule has 1 amide bonds. The van der Waals surface area contributed by atoms with Crippen LogP contribution >= 0.6 is 34.5 Å². The molecule has 0 atom stereocenters. The third kappa shape index (κ3) is 4.49. The Morgan fingerprint density at radius 1 is 1.17 bits per heavy atom. The quantitative estimate of drug-likeness (QED) is 0.738. The summed E-state index contributed by atoms with van der Waals surface area (Å²) in [5.74, 6) is -0.297. The SMILES string of the molecule is CN(Cc1cccs1)C(=O)CN(C)S(=O)(=O)c1ccc(Cl)c(Cl)c1. The Labute approximate surface area is 155 Å². The Morgan fingerprint density at radius 2 is 1.88 bits per heavy atom. The molecule has 0 aliphatic heterocycles. The van der Waals surface area contributed by atoms with Crippen LogP contribution in [0, 0.1) is 0 Å². The van der Waals surface area contributed by atoms with Gasteiger partial charge in [-0.05, 0) is 29.6 Å². The van der Waals surface area contributed by atoms with Crippen molar-refractivity contribution in [2.75, 3.05) is 20.6 Å². The van der Waals surface area contributed by atoms with Crippen molar-refractivity contribution in [3.63, 3.8) is 0 Å². The van der Waals surface area contributed by atoms with Crippen LogP contribution < -0.4 is 0 Å². The molecule has 2 rings (SSSR count). The molecule has 0 N–H and O–H groups in total. The highest BCUT2D eigenvalue weighted by Crippen LogP contribution is 2.26. The zero-order valence-corrected chi connectivity index (χ0v) is 16.2. The van der Waals surface area contributed by atoms with Gasteiger partial charge in [0, 0.05) is 19.0 Å². The number of nitrogens with zero attached hydrogens (tertiary/aromatic N) is 2. The Balaban J connectivity index is 2.08. The van der Waals surface area contributed by atoms with Crippen LogP contribution in [0.2, 0.25) is 10.0 Å². The summed E-state index contributed by atoms with van der Waals surface area (Å²) in [5.41, 5.74) is 0. The minimum absolute atomic E-state index is 0.00638. The molecule has 0 saturated heterocycles. The molecule has 1 aromatic carbocycles. The molecule has 0 saturated carbocycles. The lowest BCUT2D eigenvalue weighted by Gasteiger charge is -2.21. The summed E-state index contributed by atoms with van der Waals surface area (Å²) < 4.78 is 26.1. The van der Waals surface area contributed by atoms with Crippen molar-refractivity contribution in [3.8, 4) is 0 Å². The first-order valence-electron chi connectivity index (χ1n) is 6.89. The lowest BCUT2D eigenvalue weighted by atomic mass is 10.4. The van der Waals surface area contributed by atoms with Crippen molar-refractivity contribution in [2.45, 2.75) is 11.4 Å². The summed E-state index contributed by atoms with van der Waals surface area (Å²) in [6, 6.07) is 7.87. The number of amides is 1. The molecule has 0 aliphatic carbocycles. The maximum Gasteiger partial charge on any atom is 0.243 e. The molecule has 9 heteroatoms. The summed E-state index contributed by atoms with van der Waals surface area (Å²) in [6.07, 6.45) is 0. The van der Waals surface area contributed by atoms with E-state index in [-0.39, 0.29) is 27.4 Å². The first-order valence-corrected chi connectivity index (χ1v) is 9.97. The average Bonchev–Trinajstić information content (AvgIpc) is 3.02. The van der Waals surface area contributed by atoms with Crippen molar-refractivity contribution in [3.05, 3.63) is 50.6 Å². The van der Waals surface area contributed by atoms with Crippen molar-refractivity contribution in [1.29, 1.82) is 0 Å². The van der Waals surface area contributed by atoms with Gasteiger partial charge in [-0.15, -0.1) is 11.3 Å². The Bertz CT molecular complexity index is 823. The van der Waals surface area contributed by atoms with Gasteiger partial charge in [-0.3, -0.25) is 4.79 Å². The van der Waals surface area contributed by atoms with Gasteiger partial charge in [0.25, 0.3) is 0 Å². The normalized spacial score (nSPS) is 11.7. The van der Waals surface area contributed by atoms with Gasteiger partial charge < -0.3 is 4.90 Å². The van der Waals surface area contributed by atoms with Crippen LogP contribution in [-0.4, -0.2) is 44.2 Å². The van der Waals surface area contributed by atoms with E-state index in [9.17, 15) is 13.2 Å². The van der Waals surface area contributed by atoms with Crippen molar-refractivity contribution in [2.24, 2.45) is 0 Å². The minimum Gasteiger partial charge on any atom is -0.339 e. The summed E-state index contributed by atoms with van der Waals surface area (Å²) in [4.78, 5) is 14.8. The van der Waals surface area contributed by atoms with E-state index in [1.165, 1.54) is 41.5 Å². The fraction of sp³-hybridized carbons (Fsp3) is 0.267. The number of rotatable bonds is 6. The van der Waals surface area contributed by atoms with Gasteiger partial charge >= 0.3 is 0 Å². The first-order chi connectivity index (χ1) is 11.2. The third-order valence-corrected chi connectivity index (χ3v) is 6.76. The van der Waals surface area contributed by atoms with E-state index in [2.05, 4.69) is 0 Å². The number of benzene rings is 1. The highest BCUT2D eigenvalue weighted by Gasteiger charge is 2.25. The van der Waals surface area contributed by atoms with E-state index >= 15 is 0 Å². The molecule has 5 nitrogen and oxygen atoms in total. The molecular weight excluding hydrogens is 391 g/mol. The summed E-state index contributed by atoms with van der Waals surface area (Å²) in [7, 11) is -0.827. The molecule has 0 bridgehead atoms. The van der Waals surface area contributed by atoms with Crippen molar-refractivity contribution in [1.82, 2.24) is 9.21 Å². The highest BCUT2D eigenvalue weighted by atomic mass is 35.5. The van der Waals surface area contributed by atoms with Gasteiger partial charge in [0.2, 0.25) is 15.9 Å². The molecule has 0 fully saturated rings. The van der Waals surface area contributed by atoms with Crippen LogP contribution in [0.25, 0.3) is 0 Å². The predicted octanol–water partition coefficient (Wildman–Crippen LogP) is 3.33. The number of carbonyl (C=O) groups excluding carboxylic acids is 1. The van der Waals surface area contributed by atoms with E-state index in [4.69, 9.17) is 23.2 Å². The fourth-order valence-corrected chi connectivity index (χ4v) is 4.21. The number of hydrogen-bond acceptors (Lipinski definition) is 4. The number of thiophene rings is 1. The number of carbonyl (C=O) groups is 1. The molecule has 2 aromatic rings. The van der Waals surface area contributed by atoms with E-state index in [0.29, 0.717) is 6.54 Å². The summed E-state index contributed by atoms with van der Waals surface area (Å²) >= 11 is 13.2. The fourth-order valence-electron chi connectivity index (χ4n) is 1.94. The van der Waals surface area contributed by atoms with E-state index in [0.717, 1.165) is 9.18 Å². The second-order valence-electron chi connectivity index (χ2n) is 5.17. The lowest BCUT2D eigenvalue weighted by molar-refractivity contribution is -0.130. The molecule has 0 unspecified atom stereocenters. The molecular formula is C15H16Cl2N2O3S2. The maximum atomic E-state index is 12.5. The average molecular weight is 407 g/mol. The van der Waals surface area contributed by atoms with Crippen LogP contribution in [0.1, 0.15) is 4.88 Å². The van der Waals surface area contributed by atoms with Crippen molar-refractivity contribution >= 4 is 50.5 Å². The van der Waals surface area contributed by atoms with Gasteiger partial charge in [0.1, 0.15) is 0 Å². The lowest BCUT2D eigenvalue weighted by Crippen LogP contribution is -2.39. The zero-order valence-electron chi connectivity index (χ0n) is 13.1. The van der Waals surface area contributed by atoms with E-state index < -0.39 is 10.0 Å². The molecule has 24 heavy (non-hydrogen) atoms. The second kappa shape index (κ2) is 7.84. The van der Waals surface area contributed by atoms with Gasteiger partial charge in [-0.2, -0.15) is 4.31 Å². The molecule has 0 radical (unpaired) electrons. The van der Waals surface area contributed by atoms with Crippen LogP contribution in [0.15, 0.2) is 40.6 Å². The van der Waals surface area contributed by atoms with E-state index in [1.54, 1.807) is 7.05 Å². The van der Waals surface area contributed by atoms with Gasteiger partial charge in [-0.1, -0.05) is 29.3 Å². The van der Waals surface area contributed by atoms with Crippen molar-refractivity contribution < 1.29 is 13.2 Å². The summed E-state index contributed by atoms with van der Waals surface area (Å²) in [6.45, 7) is 0.182. The Hall–Kier alpha value is -1.12. The monoisotopic (exact) mass is 406 g/mol. The molecule has 1 heterocycles. The van der Waals surface area contributed by atoms with Crippen LogP contribution in [-0.2, 0) is 21.4 Å². The number of hydrogen-bond donors (Lipinski definition) is 0. The predicted molar refractivity (Wildman–Crippen MR) is 97.1 cm³/mol. The zero-order chi connectivity index (χ0) is 17.9. The van der Waals surface area contributed by atoms with E-state index in [1.807, 2.05) is 17.5 Å². The summed E-state index contributed by atoms with van der Waals surface area (Å²) in [5, 5.41) is 2.34. The molecule has 0 spiro atoms. The highest BCUT2D eigenvalue weighted by molar-refractivity contribution is 7.89. The minimum atomic E-state index is -3.82. The maximum absolute atomic E-state index is 12.5. The Kier molecular flexibility index (Phi) is 6.28. The Morgan fingerprint density at radius 3 is 2.46 bits per heavy atom.